The van der Waals surface area contributed by atoms with Crippen LogP contribution in [-0.4, -0.2) is 33.6 Å². The number of aromatic nitrogens is 1. The zero-order valence-electron chi connectivity index (χ0n) is 13.7. The maximum atomic E-state index is 12.7. The third-order valence-corrected chi connectivity index (χ3v) is 5.30. The highest BCUT2D eigenvalue weighted by molar-refractivity contribution is 9.10. The van der Waals surface area contributed by atoms with Crippen LogP contribution in [0.15, 0.2) is 34.8 Å². The van der Waals surface area contributed by atoms with E-state index in [2.05, 4.69) is 26.2 Å². The number of pyridine rings is 1. The van der Waals surface area contributed by atoms with Gasteiger partial charge in [-0.05, 0) is 52.2 Å². The van der Waals surface area contributed by atoms with Gasteiger partial charge in [-0.15, -0.1) is 0 Å². The predicted molar refractivity (Wildman–Crippen MR) is 97.8 cm³/mol. The Morgan fingerprint density at radius 3 is 2.77 bits per heavy atom. The molecule has 7 nitrogen and oxygen atoms in total. The summed E-state index contributed by atoms with van der Waals surface area (Å²) >= 11 is 3.47. The molecule has 1 saturated heterocycles. The van der Waals surface area contributed by atoms with Crippen LogP contribution in [0, 0.1) is 0 Å². The lowest BCUT2D eigenvalue weighted by atomic mass is 10.0. The molecule has 2 aliphatic heterocycles. The highest BCUT2D eigenvalue weighted by Gasteiger charge is 2.39. The van der Waals surface area contributed by atoms with Gasteiger partial charge in [-0.2, -0.15) is 0 Å². The monoisotopic (exact) mass is 414 g/mol. The second-order valence-corrected chi connectivity index (χ2v) is 7.19. The number of anilines is 1. The molecule has 0 radical (unpaired) electrons. The van der Waals surface area contributed by atoms with Gasteiger partial charge in [0, 0.05) is 28.6 Å². The molecule has 26 heavy (non-hydrogen) atoms. The van der Waals surface area contributed by atoms with Crippen LogP contribution in [0.5, 0.6) is 0 Å². The first kappa shape index (κ1) is 16.7. The van der Waals surface area contributed by atoms with Crippen molar-refractivity contribution in [1.29, 1.82) is 0 Å². The van der Waals surface area contributed by atoms with Crippen molar-refractivity contribution in [3.05, 3.63) is 45.9 Å². The van der Waals surface area contributed by atoms with Crippen LogP contribution in [0.1, 0.15) is 28.8 Å². The van der Waals surface area contributed by atoms with Gasteiger partial charge in [-0.1, -0.05) is 6.07 Å². The average Bonchev–Trinajstić information content (AvgIpc) is 2.93. The predicted octanol–water partition coefficient (Wildman–Crippen LogP) is 1.85. The van der Waals surface area contributed by atoms with Gasteiger partial charge >= 0.3 is 0 Å². The number of amides is 3. The summed E-state index contributed by atoms with van der Waals surface area (Å²) in [5.74, 6) is -0.497. The Morgan fingerprint density at radius 2 is 2.00 bits per heavy atom. The van der Waals surface area contributed by atoms with E-state index < -0.39 is 11.9 Å². The van der Waals surface area contributed by atoms with Gasteiger partial charge in [0.05, 0.1) is 5.69 Å². The molecule has 2 aliphatic rings. The summed E-state index contributed by atoms with van der Waals surface area (Å²) < 4.78 is 0.804. The minimum Gasteiger partial charge on any atom is -0.384 e. The Kier molecular flexibility index (Phi) is 3.99. The SMILES string of the molecule is Nc1ccc(Br)c(-c2ccc3c(c2)CN(C2CCC(=O)NC2=O)C3=O)n1. The largest absolute Gasteiger partial charge is 0.384 e. The van der Waals surface area contributed by atoms with E-state index in [1.807, 2.05) is 18.2 Å². The smallest absolute Gasteiger partial charge is 0.255 e. The second kappa shape index (κ2) is 6.21. The van der Waals surface area contributed by atoms with Crippen molar-refractivity contribution in [2.75, 3.05) is 5.73 Å². The van der Waals surface area contributed by atoms with Gasteiger partial charge in [0.25, 0.3) is 5.91 Å². The summed E-state index contributed by atoms with van der Waals surface area (Å²) in [6.45, 7) is 0.328. The van der Waals surface area contributed by atoms with Crippen molar-refractivity contribution in [3.63, 3.8) is 0 Å². The third-order valence-electron chi connectivity index (χ3n) is 4.66. The van der Waals surface area contributed by atoms with Crippen LogP contribution in [0.4, 0.5) is 5.82 Å². The standard InChI is InChI=1S/C18H15BrN4O3/c19-12-3-5-14(20)21-16(12)9-1-2-11-10(7-9)8-23(18(11)26)13-4-6-15(24)22-17(13)25/h1-3,5,7,13H,4,6,8H2,(H2,20,21)(H,22,24,25). The molecule has 0 saturated carbocycles. The van der Waals surface area contributed by atoms with E-state index in [0.717, 1.165) is 15.6 Å². The van der Waals surface area contributed by atoms with E-state index in [0.29, 0.717) is 30.0 Å². The number of benzene rings is 1. The molecule has 2 aromatic rings. The van der Waals surface area contributed by atoms with E-state index in [4.69, 9.17) is 5.73 Å². The van der Waals surface area contributed by atoms with Gasteiger partial charge in [0.2, 0.25) is 11.8 Å². The lowest BCUT2D eigenvalue weighted by Crippen LogP contribution is -2.52. The number of carbonyl (C=O) groups excluding carboxylic acids is 3. The second-order valence-electron chi connectivity index (χ2n) is 6.34. The molecule has 3 N–H and O–H groups in total. The van der Waals surface area contributed by atoms with Crippen LogP contribution < -0.4 is 11.1 Å². The highest BCUT2D eigenvalue weighted by Crippen LogP contribution is 2.33. The van der Waals surface area contributed by atoms with E-state index in [-0.39, 0.29) is 18.2 Å². The molecule has 1 aromatic carbocycles. The molecular weight excluding hydrogens is 400 g/mol. The first-order chi connectivity index (χ1) is 12.4. The van der Waals surface area contributed by atoms with Gasteiger partial charge in [-0.3, -0.25) is 19.7 Å². The lowest BCUT2D eigenvalue weighted by molar-refractivity contribution is -0.136. The molecule has 3 amide bonds. The number of nitrogens with zero attached hydrogens (tertiary/aromatic N) is 2. The van der Waals surface area contributed by atoms with Crippen LogP contribution >= 0.6 is 15.9 Å². The number of nitrogen functional groups attached to an aromatic ring is 1. The first-order valence-electron chi connectivity index (χ1n) is 8.14. The zero-order chi connectivity index (χ0) is 18.4. The number of nitrogens with two attached hydrogens (primary N) is 1. The summed E-state index contributed by atoms with van der Waals surface area (Å²) in [4.78, 5) is 42.0. The van der Waals surface area contributed by atoms with Crippen molar-refractivity contribution in [1.82, 2.24) is 15.2 Å². The number of carbonyl (C=O) groups is 3. The van der Waals surface area contributed by atoms with Crippen LogP contribution in [0.2, 0.25) is 0 Å². The third kappa shape index (κ3) is 2.76. The van der Waals surface area contributed by atoms with Gasteiger partial charge in [0.15, 0.2) is 0 Å². The summed E-state index contributed by atoms with van der Waals surface area (Å²) in [5, 5.41) is 2.30. The van der Waals surface area contributed by atoms with Crippen LogP contribution in [0.25, 0.3) is 11.3 Å². The summed E-state index contributed by atoms with van der Waals surface area (Å²) in [6, 6.07) is 8.37. The number of hydrogen-bond acceptors (Lipinski definition) is 5. The summed E-state index contributed by atoms with van der Waals surface area (Å²) in [5.41, 5.74) is 8.70. The molecule has 1 atom stereocenters. The lowest BCUT2D eigenvalue weighted by Gasteiger charge is -2.29. The summed E-state index contributed by atoms with van der Waals surface area (Å²) in [6.07, 6.45) is 0.585. The fourth-order valence-electron chi connectivity index (χ4n) is 3.38. The van der Waals surface area contributed by atoms with Crippen molar-refractivity contribution in [2.24, 2.45) is 0 Å². The van der Waals surface area contributed by atoms with E-state index in [1.165, 1.54) is 4.90 Å². The number of halogens is 1. The Labute approximate surface area is 157 Å². The molecule has 1 aromatic heterocycles. The van der Waals surface area contributed by atoms with Crippen molar-refractivity contribution >= 4 is 39.5 Å². The molecule has 132 valence electrons. The molecule has 1 unspecified atom stereocenters. The normalized spacial score (nSPS) is 19.5. The van der Waals surface area contributed by atoms with Crippen LogP contribution in [-0.2, 0) is 16.1 Å². The maximum Gasteiger partial charge on any atom is 0.255 e. The summed E-state index contributed by atoms with van der Waals surface area (Å²) in [7, 11) is 0. The number of rotatable bonds is 2. The topological polar surface area (TPSA) is 105 Å². The van der Waals surface area contributed by atoms with Gasteiger partial charge < -0.3 is 10.6 Å². The number of imide groups is 1. The Morgan fingerprint density at radius 1 is 1.19 bits per heavy atom. The van der Waals surface area contributed by atoms with E-state index >= 15 is 0 Å². The molecule has 0 spiro atoms. The number of nitrogens with one attached hydrogen (secondary N) is 1. The average molecular weight is 415 g/mol. The van der Waals surface area contributed by atoms with Gasteiger partial charge in [-0.25, -0.2) is 4.98 Å². The van der Waals surface area contributed by atoms with Crippen molar-refractivity contribution in [3.8, 4) is 11.3 Å². The Balaban J connectivity index is 1.66. The molecule has 4 rings (SSSR count). The molecule has 0 aliphatic carbocycles. The quantitative estimate of drug-likeness (QED) is 0.729. The van der Waals surface area contributed by atoms with Crippen LogP contribution in [0.3, 0.4) is 0 Å². The number of hydrogen-bond donors (Lipinski definition) is 2. The van der Waals surface area contributed by atoms with Crippen molar-refractivity contribution in [2.45, 2.75) is 25.4 Å². The Bertz CT molecular complexity index is 959. The zero-order valence-corrected chi connectivity index (χ0v) is 15.2. The van der Waals surface area contributed by atoms with Gasteiger partial charge in [0.1, 0.15) is 11.9 Å². The molecule has 8 heteroatoms. The molecule has 1 fully saturated rings. The Hall–Kier alpha value is -2.74. The molecular formula is C18H15BrN4O3. The van der Waals surface area contributed by atoms with E-state index in [9.17, 15) is 14.4 Å². The minimum absolute atomic E-state index is 0.194. The molecule has 0 bridgehead atoms. The number of fused-ring (bicyclic) bond motifs is 1. The van der Waals surface area contributed by atoms with E-state index in [1.54, 1.807) is 12.1 Å². The molecule has 3 heterocycles. The first-order valence-corrected chi connectivity index (χ1v) is 8.93. The maximum absolute atomic E-state index is 12.7. The van der Waals surface area contributed by atoms with Crippen molar-refractivity contribution < 1.29 is 14.4 Å². The minimum atomic E-state index is -0.617. The fraction of sp³-hybridized carbons (Fsp3) is 0.222. The fourth-order valence-corrected chi connectivity index (χ4v) is 3.83. The number of piperidine rings is 1. The highest BCUT2D eigenvalue weighted by atomic mass is 79.9.